The average Bonchev–Trinajstić information content (AvgIpc) is 3.08. The highest BCUT2D eigenvalue weighted by molar-refractivity contribution is 6.33. The lowest BCUT2D eigenvalue weighted by molar-refractivity contribution is 0.287. The van der Waals surface area contributed by atoms with E-state index in [9.17, 15) is 0 Å². The van der Waals surface area contributed by atoms with Crippen LogP contribution in [-0.2, 0) is 6.61 Å². The van der Waals surface area contributed by atoms with Gasteiger partial charge in [0.2, 0.25) is 5.82 Å². The van der Waals surface area contributed by atoms with Crippen molar-refractivity contribution in [2.45, 2.75) is 13.5 Å². The third-order valence-corrected chi connectivity index (χ3v) is 4.20. The van der Waals surface area contributed by atoms with Crippen LogP contribution in [0.25, 0.3) is 22.4 Å². The first-order chi connectivity index (χ1) is 12.6. The number of hydrogen-bond acceptors (Lipinski definition) is 5. The molecule has 0 aliphatic rings. The van der Waals surface area contributed by atoms with Crippen molar-refractivity contribution in [3.8, 4) is 17.2 Å². The molecule has 0 N–H and O–H groups in total. The summed E-state index contributed by atoms with van der Waals surface area (Å²) >= 11 is 12.2. The Kier molecular flexibility index (Phi) is 4.49. The molecule has 5 nitrogen and oxygen atoms in total. The Labute approximate surface area is 159 Å². The van der Waals surface area contributed by atoms with Crippen molar-refractivity contribution >= 4 is 34.1 Å². The zero-order valence-electron chi connectivity index (χ0n) is 13.7. The van der Waals surface area contributed by atoms with Crippen LogP contribution in [0.3, 0.4) is 0 Å². The minimum Gasteiger partial charge on any atom is -0.485 e. The summed E-state index contributed by atoms with van der Waals surface area (Å²) in [5.74, 6) is 1.51. The van der Waals surface area contributed by atoms with Crippen molar-refractivity contribution in [3.05, 3.63) is 70.1 Å². The molecule has 2 heterocycles. The predicted molar refractivity (Wildman–Crippen MR) is 101 cm³/mol. The summed E-state index contributed by atoms with van der Waals surface area (Å²) in [6, 6.07) is 13.1. The van der Waals surface area contributed by atoms with E-state index in [1.807, 2.05) is 31.2 Å². The molecule has 0 atom stereocenters. The third-order valence-electron chi connectivity index (χ3n) is 3.77. The smallest absolute Gasteiger partial charge is 0.260 e. The highest BCUT2D eigenvalue weighted by atomic mass is 35.5. The maximum Gasteiger partial charge on any atom is 0.260 e. The second-order valence-electron chi connectivity index (χ2n) is 5.80. The Morgan fingerprint density at radius 2 is 1.92 bits per heavy atom. The molecule has 0 saturated carbocycles. The summed E-state index contributed by atoms with van der Waals surface area (Å²) < 4.78 is 11.1. The van der Waals surface area contributed by atoms with Gasteiger partial charge in [0.15, 0.2) is 6.61 Å². The van der Waals surface area contributed by atoms with E-state index < -0.39 is 0 Å². The van der Waals surface area contributed by atoms with Crippen LogP contribution in [0.5, 0.6) is 5.75 Å². The van der Waals surface area contributed by atoms with Crippen molar-refractivity contribution < 1.29 is 9.26 Å². The number of fused-ring (bicyclic) bond motifs is 1. The van der Waals surface area contributed by atoms with Crippen LogP contribution in [-0.4, -0.2) is 15.1 Å². The second-order valence-corrected chi connectivity index (χ2v) is 6.67. The summed E-state index contributed by atoms with van der Waals surface area (Å²) in [6.45, 7) is 2.20. The number of aromatic nitrogens is 3. The summed E-state index contributed by atoms with van der Waals surface area (Å²) in [5, 5.41) is 5.84. The van der Waals surface area contributed by atoms with Gasteiger partial charge in [-0.15, -0.1) is 0 Å². The van der Waals surface area contributed by atoms with E-state index in [0.29, 0.717) is 32.8 Å². The Hall–Kier alpha value is -2.63. The van der Waals surface area contributed by atoms with Gasteiger partial charge in [0, 0.05) is 16.6 Å². The molecule has 0 saturated heterocycles. The first-order valence-electron chi connectivity index (χ1n) is 7.86. The van der Waals surface area contributed by atoms with Crippen LogP contribution in [0.2, 0.25) is 10.0 Å². The molecule has 26 heavy (non-hydrogen) atoms. The van der Waals surface area contributed by atoms with E-state index in [-0.39, 0.29) is 6.61 Å². The molecule has 0 aliphatic heterocycles. The van der Waals surface area contributed by atoms with Crippen molar-refractivity contribution in [1.29, 1.82) is 0 Å². The Morgan fingerprint density at radius 1 is 1.08 bits per heavy atom. The maximum atomic E-state index is 6.20. The molecular formula is C19H13Cl2N3O2. The van der Waals surface area contributed by atoms with Crippen LogP contribution < -0.4 is 4.74 Å². The van der Waals surface area contributed by atoms with Gasteiger partial charge in [-0.3, -0.25) is 4.98 Å². The van der Waals surface area contributed by atoms with Gasteiger partial charge in [0.05, 0.1) is 16.1 Å². The number of rotatable bonds is 4. The third kappa shape index (κ3) is 3.49. The molecule has 2 aromatic carbocycles. The zero-order valence-corrected chi connectivity index (χ0v) is 15.3. The minimum absolute atomic E-state index is 0.199. The number of halogens is 2. The van der Waals surface area contributed by atoms with Gasteiger partial charge in [-0.1, -0.05) is 40.5 Å². The fourth-order valence-corrected chi connectivity index (χ4v) is 3.02. The van der Waals surface area contributed by atoms with Gasteiger partial charge in [0.25, 0.3) is 5.89 Å². The molecule has 0 bridgehead atoms. The average molecular weight is 386 g/mol. The topological polar surface area (TPSA) is 61.0 Å². The Morgan fingerprint density at radius 3 is 2.77 bits per heavy atom. The van der Waals surface area contributed by atoms with Gasteiger partial charge < -0.3 is 9.26 Å². The lowest BCUT2D eigenvalue weighted by Crippen LogP contribution is -1.97. The molecule has 4 rings (SSSR count). The first-order valence-corrected chi connectivity index (χ1v) is 8.61. The zero-order chi connectivity index (χ0) is 18.1. The standard InChI is InChI=1S/C19H13Cl2N3O2/c1-11-3-2-4-15(5-11)25-10-17-23-19(26-24-17)16-8-13(20)6-12-7-14(21)9-22-18(12)16/h2-9H,10H2,1H3. The predicted octanol–water partition coefficient (Wildman–Crippen LogP) is 5.48. The van der Waals surface area contributed by atoms with Crippen molar-refractivity contribution in [1.82, 2.24) is 15.1 Å². The molecule has 0 fully saturated rings. The van der Waals surface area contributed by atoms with Gasteiger partial charge in [-0.25, -0.2) is 0 Å². The van der Waals surface area contributed by atoms with E-state index >= 15 is 0 Å². The fraction of sp³-hybridized carbons (Fsp3) is 0.105. The molecule has 0 amide bonds. The molecule has 130 valence electrons. The molecule has 0 spiro atoms. The summed E-state index contributed by atoms with van der Waals surface area (Å²) in [4.78, 5) is 8.76. The molecule has 2 aromatic heterocycles. The molecule has 0 unspecified atom stereocenters. The minimum atomic E-state index is 0.199. The molecule has 7 heteroatoms. The summed E-state index contributed by atoms with van der Waals surface area (Å²) in [5.41, 5.74) is 2.46. The number of aryl methyl sites for hydroxylation is 1. The van der Waals surface area contributed by atoms with Gasteiger partial charge in [-0.2, -0.15) is 4.98 Å². The lowest BCUT2D eigenvalue weighted by Gasteiger charge is -2.04. The SMILES string of the molecule is Cc1cccc(OCc2noc(-c3cc(Cl)cc4cc(Cl)cnc34)n2)c1. The van der Waals surface area contributed by atoms with Crippen LogP contribution in [0.15, 0.2) is 53.2 Å². The largest absolute Gasteiger partial charge is 0.485 e. The number of hydrogen-bond donors (Lipinski definition) is 0. The van der Waals surface area contributed by atoms with E-state index in [2.05, 4.69) is 15.1 Å². The first kappa shape index (κ1) is 16.8. The second kappa shape index (κ2) is 6.94. The quantitative estimate of drug-likeness (QED) is 0.465. The summed E-state index contributed by atoms with van der Waals surface area (Å²) in [7, 11) is 0. The number of nitrogens with zero attached hydrogens (tertiary/aromatic N) is 3. The molecular weight excluding hydrogens is 373 g/mol. The molecule has 0 aliphatic carbocycles. The van der Waals surface area contributed by atoms with Crippen LogP contribution >= 0.6 is 23.2 Å². The normalized spacial score (nSPS) is 11.0. The van der Waals surface area contributed by atoms with E-state index in [0.717, 1.165) is 16.7 Å². The van der Waals surface area contributed by atoms with E-state index in [1.165, 1.54) is 0 Å². The number of pyridine rings is 1. The van der Waals surface area contributed by atoms with Crippen LogP contribution in [0.4, 0.5) is 0 Å². The van der Waals surface area contributed by atoms with Gasteiger partial charge >= 0.3 is 0 Å². The Balaban J connectivity index is 1.63. The van der Waals surface area contributed by atoms with Crippen LogP contribution in [0, 0.1) is 6.92 Å². The monoisotopic (exact) mass is 385 g/mol. The van der Waals surface area contributed by atoms with E-state index in [4.69, 9.17) is 32.5 Å². The van der Waals surface area contributed by atoms with Gasteiger partial charge in [-0.05, 0) is 42.8 Å². The highest BCUT2D eigenvalue weighted by Crippen LogP contribution is 2.31. The number of ether oxygens (including phenoxy) is 1. The lowest BCUT2D eigenvalue weighted by atomic mass is 10.1. The van der Waals surface area contributed by atoms with Crippen LogP contribution in [0.1, 0.15) is 11.4 Å². The highest BCUT2D eigenvalue weighted by Gasteiger charge is 2.15. The van der Waals surface area contributed by atoms with Crippen molar-refractivity contribution in [2.75, 3.05) is 0 Å². The molecule has 0 radical (unpaired) electrons. The van der Waals surface area contributed by atoms with Gasteiger partial charge in [0.1, 0.15) is 5.75 Å². The molecule has 4 aromatic rings. The maximum absolute atomic E-state index is 6.20. The Bertz CT molecular complexity index is 1090. The summed E-state index contributed by atoms with van der Waals surface area (Å²) in [6.07, 6.45) is 1.57. The number of benzene rings is 2. The van der Waals surface area contributed by atoms with Crippen molar-refractivity contribution in [3.63, 3.8) is 0 Å². The fourth-order valence-electron chi connectivity index (χ4n) is 2.62. The van der Waals surface area contributed by atoms with Crippen molar-refractivity contribution in [2.24, 2.45) is 0 Å². The van der Waals surface area contributed by atoms with E-state index in [1.54, 1.807) is 24.4 Å².